The van der Waals surface area contributed by atoms with Gasteiger partial charge in [-0.15, -0.1) is 11.3 Å². The van der Waals surface area contributed by atoms with E-state index in [2.05, 4.69) is 26.6 Å². The van der Waals surface area contributed by atoms with Gasteiger partial charge in [-0.2, -0.15) is 4.98 Å². The SMILES string of the molecule is COc1cc(N(C)C)c(N)cc1Nc1nccc(N2CCc3sccc3C2)n1. The van der Waals surface area contributed by atoms with E-state index in [1.807, 2.05) is 48.5 Å². The molecule has 7 nitrogen and oxygen atoms in total. The molecule has 0 radical (unpaired) electrons. The number of nitrogens with zero attached hydrogens (tertiary/aromatic N) is 4. The molecule has 0 amide bonds. The summed E-state index contributed by atoms with van der Waals surface area (Å²) in [6.07, 6.45) is 2.83. The van der Waals surface area contributed by atoms with Gasteiger partial charge in [0.2, 0.25) is 5.95 Å². The Kier molecular flexibility index (Phi) is 4.95. The molecule has 3 heterocycles. The fraction of sp³-hybridized carbons (Fsp3) is 0.300. The largest absolute Gasteiger partial charge is 0.494 e. The van der Waals surface area contributed by atoms with Gasteiger partial charge in [-0.1, -0.05) is 0 Å². The summed E-state index contributed by atoms with van der Waals surface area (Å²) < 4.78 is 5.53. The van der Waals surface area contributed by atoms with Gasteiger partial charge in [-0.05, 0) is 35.6 Å². The highest BCUT2D eigenvalue weighted by atomic mass is 32.1. The van der Waals surface area contributed by atoms with Crippen LogP contribution in [0.25, 0.3) is 0 Å². The van der Waals surface area contributed by atoms with Crippen LogP contribution in [0.15, 0.2) is 35.8 Å². The minimum Gasteiger partial charge on any atom is -0.494 e. The number of hydrogen-bond donors (Lipinski definition) is 2. The monoisotopic (exact) mass is 396 g/mol. The molecule has 146 valence electrons. The van der Waals surface area contributed by atoms with Crippen LogP contribution in [0.5, 0.6) is 5.75 Å². The molecule has 0 fully saturated rings. The minimum atomic E-state index is 0.518. The standard InChI is InChI=1S/C20H24N6OS/c1-25(2)16-11-17(27-3)15(10-14(16)21)23-20-22-7-4-19(24-20)26-8-5-18-13(12-26)6-9-28-18/h4,6-7,9-11H,5,8,12,21H2,1-3H3,(H,22,23,24). The van der Waals surface area contributed by atoms with Crippen molar-refractivity contribution in [2.24, 2.45) is 0 Å². The molecule has 0 aliphatic carbocycles. The zero-order chi connectivity index (χ0) is 19.7. The fourth-order valence-electron chi connectivity index (χ4n) is 3.39. The summed E-state index contributed by atoms with van der Waals surface area (Å²) in [6.45, 7) is 1.83. The number of thiophene rings is 1. The maximum Gasteiger partial charge on any atom is 0.229 e. The van der Waals surface area contributed by atoms with Gasteiger partial charge in [0.15, 0.2) is 0 Å². The van der Waals surface area contributed by atoms with Gasteiger partial charge in [-0.3, -0.25) is 0 Å². The number of benzene rings is 1. The number of rotatable bonds is 5. The van der Waals surface area contributed by atoms with Gasteiger partial charge in [-0.25, -0.2) is 4.98 Å². The zero-order valence-corrected chi connectivity index (χ0v) is 17.1. The van der Waals surface area contributed by atoms with Gasteiger partial charge >= 0.3 is 0 Å². The summed E-state index contributed by atoms with van der Waals surface area (Å²) in [5.41, 5.74) is 9.88. The molecular formula is C20H24N6OS. The summed E-state index contributed by atoms with van der Waals surface area (Å²) in [6, 6.07) is 7.91. The van der Waals surface area contributed by atoms with Crippen molar-refractivity contribution in [1.82, 2.24) is 9.97 Å². The van der Waals surface area contributed by atoms with E-state index in [4.69, 9.17) is 15.5 Å². The summed E-state index contributed by atoms with van der Waals surface area (Å²) in [5, 5.41) is 5.42. The van der Waals surface area contributed by atoms with Crippen LogP contribution in [0.3, 0.4) is 0 Å². The van der Waals surface area contributed by atoms with E-state index in [-0.39, 0.29) is 0 Å². The van der Waals surface area contributed by atoms with Crippen LogP contribution in [-0.2, 0) is 13.0 Å². The zero-order valence-electron chi connectivity index (χ0n) is 16.3. The number of aromatic nitrogens is 2. The number of nitrogens with one attached hydrogen (secondary N) is 1. The molecule has 3 N–H and O–H groups in total. The van der Waals surface area contributed by atoms with Crippen LogP contribution in [-0.4, -0.2) is 37.7 Å². The molecule has 0 saturated heterocycles. The number of anilines is 5. The van der Waals surface area contributed by atoms with Crippen LogP contribution in [0, 0.1) is 0 Å². The van der Waals surface area contributed by atoms with Crippen molar-refractivity contribution < 1.29 is 4.74 Å². The molecule has 1 aliphatic rings. The van der Waals surface area contributed by atoms with Crippen molar-refractivity contribution in [1.29, 1.82) is 0 Å². The maximum absolute atomic E-state index is 6.20. The van der Waals surface area contributed by atoms with E-state index in [0.717, 1.165) is 36.7 Å². The third-order valence-electron chi connectivity index (χ3n) is 4.85. The molecule has 0 saturated carbocycles. The van der Waals surface area contributed by atoms with Crippen LogP contribution in [0.1, 0.15) is 10.4 Å². The highest BCUT2D eigenvalue weighted by molar-refractivity contribution is 7.10. The number of ether oxygens (including phenoxy) is 1. The topological polar surface area (TPSA) is 79.5 Å². The van der Waals surface area contributed by atoms with Crippen molar-refractivity contribution in [2.75, 3.05) is 48.6 Å². The van der Waals surface area contributed by atoms with Crippen LogP contribution in [0.4, 0.5) is 28.8 Å². The average Bonchev–Trinajstić information content (AvgIpc) is 3.16. The third kappa shape index (κ3) is 3.55. The highest BCUT2D eigenvalue weighted by Crippen LogP contribution is 2.36. The number of nitrogen functional groups attached to an aromatic ring is 1. The second-order valence-corrected chi connectivity index (χ2v) is 7.91. The second kappa shape index (κ2) is 7.55. The van der Waals surface area contributed by atoms with E-state index in [1.54, 1.807) is 13.3 Å². The Morgan fingerprint density at radius 3 is 2.93 bits per heavy atom. The first-order valence-electron chi connectivity index (χ1n) is 9.10. The first-order valence-corrected chi connectivity index (χ1v) is 9.98. The molecule has 28 heavy (non-hydrogen) atoms. The Hall–Kier alpha value is -3.00. The number of nitrogens with two attached hydrogens (primary N) is 1. The lowest BCUT2D eigenvalue weighted by Crippen LogP contribution is -2.30. The number of hydrogen-bond acceptors (Lipinski definition) is 8. The van der Waals surface area contributed by atoms with Crippen molar-refractivity contribution in [2.45, 2.75) is 13.0 Å². The average molecular weight is 397 g/mol. The summed E-state index contributed by atoms with van der Waals surface area (Å²) >= 11 is 1.84. The van der Waals surface area contributed by atoms with Crippen molar-refractivity contribution in [3.05, 3.63) is 46.3 Å². The van der Waals surface area contributed by atoms with Gasteiger partial charge in [0, 0.05) is 44.3 Å². The number of methoxy groups -OCH3 is 1. The highest BCUT2D eigenvalue weighted by Gasteiger charge is 2.19. The van der Waals surface area contributed by atoms with Crippen molar-refractivity contribution in [3.63, 3.8) is 0 Å². The molecular weight excluding hydrogens is 372 g/mol. The molecule has 3 aromatic rings. The molecule has 0 bridgehead atoms. The van der Waals surface area contributed by atoms with Gasteiger partial charge in [0.25, 0.3) is 0 Å². The van der Waals surface area contributed by atoms with Crippen LogP contribution >= 0.6 is 11.3 Å². The van der Waals surface area contributed by atoms with Crippen molar-refractivity contribution in [3.8, 4) is 5.75 Å². The first-order chi connectivity index (χ1) is 13.5. The predicted molar refractivity (Wildman–Crippen MR) is 116 cm³/mol. The Balaban J connectivity index is 1.58. The summed E-state index contributed by atoms with van der Waals surface area (Å²) in [7, 11) is 5.53. The predicted octanol–water partition coefficient (Wildman–Crippen LogP) is 3.50. The Morgan fingerprint density at radius 2 is 2.14 bits per heavy atom. The smallest absolute Gasteiger partial charge is 0.229 e. The molecule has 0 atom stereocenters. The van der Waals surface area contributed by atoms with Gasteiger partial charge in [0.05, 0.1) is 24.2 Å². The van der Waals surface area contributed by atoms with Crippen LogP contribution < -0.4 is 25.6 Å². The van der Waals surface area contributed by atoms with Gasteiger partial charge in [0.1, 0.15) is 11.6 Å². The molecule has 2 aromatic heterocycles. The van der Waals surface area contributed by atoms with E-state index in [0.29, 0.717) is 17.4 Å². The fourth-order valence-corrected chi connectivity index (χ4v) is 4.28. The van der Waals surface area contributed by atoms with Gasteiger partial charge < -0.3 is 25.6 Å². The minimum absolute atomic E-state index is 0.518. The molecule has 0 unspecified atom stereocenters. The maximum atomic E-state index is 6.20. The van der Waals surface area contributed by atoms with E-state index >= 15 is 0 Å². The molecule has 1 aromatic carbocycles. The van der Waals surface area contributed by atoms with E-state index in [9.17, 15) is 0 Å². The Morgan fingerprint density at radius 1 is 1.29 bits per heavy atom. The second-order valence-electron chi connectivity index (χ2n) is 6.91. The lowest BCUT2D eigenvalue weighted by atomic mass is 10.1. The summed E-state index contributed by atoms with van der Waals surface area (Å²) in [5.74, 6) is 2.11. The molecule has 4 rings (SSSR count). The molecule has 1 aliphatic heterocycles. The van der Waals surface area contributed by atoms with Crippen molar-refractivity contribution >= 4 is 40.2 Å². The van der Waals surface area contributed by atoms with E-state index in [1.165, 1.54) is 10.4 Å². The first kappa shape index (κ1) is 18.4. The quantitative estimate of drug-likeness (QED) is 0.639. The van der Waals surface area contributed by atoms with Crippen LogP contribution in [0.2, 0.25) is 0 Å². The van der Waals surface area contributed by atoms with E-state index < -0.39 is 0 Å². The Bertz CT molecular complexity index is 987. The number of fused-ring (bicyclic) bond motifs is 1. The Labute approximate surface area is 168 Å². The molecule has 0 spiro atoms. The lowest BCUT2D eigenvalue weighted by molar-refractivity contribution is 0.417. The molecule has 8 heteroatoms. The summed E-state index contributed by atoms with van der Waals surface area (Å²) in [4.78, 5) is 14.8. The normalized spacial score (nSPS) is 13.2. The lowest BCUT2D eigenvalue weighted by Gasteiger charge is -2.28. The third-order valence-corrected chi connectivity index (χ3v) is 5.87.